The Morgan fingerprint density at radius 1 is 1.38 bits per heavy atom. The van der Waals surface area contributed by atoms with Crippen molar-refractivity contribution in [2.24, 2.45) is 5.92 Å². The zero-order valence-corrected chi connectivity index (χ0v) is 10.7. The fourth-order valence-electron chi connectivity index (χ4n) is 1.88. The van der Waals surface area contributed by atoms with Crippen LogP contribution in [0.15, 0.2) is 18.5 Å². The van der Waals surface area contributed by atoms with Gasteiger partial charge in [-0.15, -0.1) is 0 Å². The summed E-state index contributed by atoms with van der Waals surface area (Å²) in [6.45, 7) is 7.69. The zero-order valence-electron chi connectivity index (χ0n) is 10.7. The second kappa shape index (κ2) is 8.34. The Hall–Kier alpha value is -0.830. The van der Waals surface area contributed by atoms with Crippen molar-refractivity contribution in [1.82, 2.24) is 15.1 Å². The number of unbranched alkanes of at least 4 members (excludes halogenated alkanes) is 1. The summed E-state index contributed by atoms with van der Waals surface area (Å²) in [6, 6.07) is 1.97. The Morgan fingerprint density at radius 3 is 2.88 bits per heavy atom. The molecule has 0 aliphatic rings. The fraction of sp³-hybridized carbons (Fsp3) is 0.769. The molecule has 0 radical (unpaired) electrons. The minimum Gasteiger partial charge on any atom is -0.315 e. The van der Waals surface area contributed by atoms with Gasteiger partial charge >= 0.3 is 0 Å². The average molecular weight is 223 g/mol. The zero-order chi connectivity index (χ0) is 11.6. The smallest absolute Gasteiger partial charge is 0.0533 e. The van der Waals surface area contributed by atoms with Crippen molar-refractivity contribution < 1.29 is 0 Å². The number of nitrogens with one attached hydrogen (secondary N) is 1. The van der Waals surface area contributed by atoms with Gasteiger partial charge in [-0.1, -0.05) is 33.1 Å². The monoisotopic (exact) mass is 223 g/mol. The molecule has 0 amide bonds. The molecule has 1 aromatic heterocycles. The first kappa shape index (κ1) is 13.2. The van der Waals surface area contributed by atoms with Gasteiger partial charge in [0.25, 0.3) is 0 Å². The SMILES string of the molecule is CCCCC(CC)CNCCn1cccn1. The molecule has 0 saturated carbocycles. The van der Waals surface area contributed by atoms with Crippen molar-refractivity contribution in [2.75, 3.05) is 13.1 Å². The summed E-state index contributed by atoms with van der Waals surface area (Å²) in [4.78, 5) is 0. The van der Waals surface area contributed by atoms with Crippen molar-refractivity contribution in [3.05, 3.63) is 18.5 Å². The molecule has 0 aliphatic heterocycles. The third-order valence-corrected chi connectivity index (χ3v) is 3.05. The van der Waals surface area contributed by atoms with E-state index in [0.29, 0.717) is 0 Å². The molecule has 0 bridgehead atoms. The Morgan fingerprint density at radius 2 is 2.25 bits per heavy atom. The van der Waals surface area contributed by atoms with E-state index < -0.39 is 0 Å². The lowest BCUT2D eigenvalue weighted by atomic mass is 9.99. The topological polar surface area (TPSA) is 29.9 Å². The highest BCUT2D eigenvalue weighted by Crippen LogP contribution is 2.10. The third-order valence-electron chi connectivity index (χ3n) is 3.05. The summed E-state index contributed by atoms with van der Waals surface area (Å²) in [5, 5.41) is 7.70. The molecule has 1 atom stereocenters. The molecule has 0 fully saturated rings. The van der Waals surface area contributed by atoms with Crippen molar-refractivity contribution in [3.63, 3.8) is 0 Å². The minimum absolute atomic E-state index is 0.845. The van der Waals surface area contributed by atoms with Gasteiger partial charge in [0.1, 0.15) is 0 Å². The van der Waals surface area contributed by atoms with Crippen LogP contribution >= 0.6 is 0 Å². The van der Waals surface area contributed by atoms with Crippen molar-refractivity contribution in [3.8, 4) is 0 Å². The van der Waals surface area contributed by atoms with Gasteiger partial charge in [0.2, 0.25) is 0 Å². The number of nitrogens with zero attached hydrogens (tertiary/aromatic N) is 2. The molecule has 0 aromatic carbocycles. The van der Waals surface area contributed by atoms with Crippen LogP contribution in [0.4, 0.5) is 0 Å². The summed E-state index contributed by atoms with van der Waals surface area (Å²) in [5.74, 6) is 0.845. The number of hydrogen-bond acceptors (Lipinski definition) is 2. The first-order valence-electron chi connectivity index (χ1n) is 6.55. The molecule has 0 saturated heterocycles. The van der Waals surface area contributed by atoms with Crippen LogP contribution < -0.4 is 5.32 Å². The Balaban J connectivity index is 2.04. The summed E-state index contributed by atoms with van der Waals surface area (Å²) in [7, 11) is 0. The molecule has 0 spiro atoms. The highest BCUT2D eigenvalue weighted by atomic mass is 15.3. The summed E-state index contributed by atoms with van der Waals surface area (Å²) >= 11 is 0. The standard InChI is InChI=1S/C13H25N3/c1-3-5-7-13(4-2)12-14-9-11-16-10-6-8-15-16/h6,8,10,13-14H,3-5,7,9,11-12H2,1-2H3. The van der Waals surface area contributed by atoms with Crippen LogP contribution in [-0.4, -0.2) is 22.9 Å². The van der Waals surface area contributed by atoms with Crippen LogP contribution in [0.25, 0.3) is 0 Å². The molecule has 1 rings (SSSR count). The lowest BCUT2D eigenvalue weighted by Gasteiger charge is -2.15. The van der Waals surface area contributed by atoms with E-state index in [-0.39, 0.29) is 0 Å². The first-order chi connectivity index (χ1) is 7.86. The Bertz CT molecular complexity index is 244. The number of rotatable bonds is 9. The van der Waals surface area contributed by atoms with Crippen LogP contribution in [-0.2, 0) is 6.54 Å². The number of hydrogen-bond donors (Lipinski definition) is 1. The predicted octanol–water partition coefficient (Wildman–Crippen LogP) is 2.69. The highest BCUT2D eigenvalue weighted by Gasteiger charge is 2.04. The third kappa shape index (κ3) is 5.31. The lowest BCUT2D eigenvalue weighted by Crippen LogP contribution is -2.26. The van der Waals surface area contributed by atoms with Gasteiger partial charge in [0.05, 0.1) is 6.54 Å². The molecular weight excluding hydrogens is 198 g/mol. The molecule has 3 heteroatoms. The molecule has 92 valence electrons. The quantitative estimate of drug-likeness (QED) is 0.652. The van der Waals surface area contributed by atoms with Gasteiger partial charge in [-0.2, -0.15) is 5.10 Å². The van der Waals surface area contributed by atoms with Crippen molar-refractivity contribution >= 4 is 0 Å². The van der Waals surface area contributed by atoms with Gasteiger partial charge < -0.3 is 5.32 Å². The predicted molar refractivity (Wildman–Crippen MR) is 68.4 cm³/mol. The molecule has 1 N–H and O–H groups in total. The van der Waals surface area contributed by atoms with Gasteiger partial charge in [0, 0.05) is 18.9 Å². The van der Waals surface area contributed by atoms with E-state index in [9.17, 15) is 0 Å². The van der Waals surface area contributed by atoms with Crippen LogP contribution in [0, 0.1) is 5.92 Å². The van der Waals surface area contributed by atoms with Gasteiger partial charge in [0.15, 0.2) is 0 Å². The maximum Gasteiger partial charge on any atom is 0.0533 e. The molecule has 16 heavy (non-hydrogen) atoms. The van der Waals surface area contributed by atoms with Gasteiger partial charge in [-0.3, -0.25) is 4.68 Å². The summed E-state index contributed by atoms with van der Waals surface area (Å²) < 4.78 is 1.97. The summed E-state index contributed by atoms with van der Waals surface area (Å²) in [6.07, 6.45) is 9.16. The summed E-state index contributed by atoms with van der Waals surface area (Å²) in [5.41, 5.74) is 0. The number of aromatic nitrogens is 2. The molecular formula is C13H25N3. The molecule has 0 aliphatic carbocycles. The first-order valence-corrected chi connectivity index (χ1v) is 6.55. The van der Waals surface area contributed by atoms with Crippen LogP contribution in [0.5, 0.6) is 0 Å². The van der Waals surface area contributed by atoms with Crippen LogP contribution in [0.2, 0.25) is 0 Å². The maximum absolute atomic E-state index is 4.18. The van der Waals surface area contributed by atoms with E-state index in [4.69, 9.17) is 0 Å². The van der Waals surface area contributed by atoms with E-state index in [1.54, 1.807) is 0 Å². The Kier molecular flexibility index (Phi) is 6.90. The van der Waals surface area contributed by atoms with Crippen molar-refractivity contribution in [1.29, 1.82) is 0 Å². The molecule has 1 heterocycles. The lowest BCUT2D eigenvalue weighted by molar-refractivity contribution is 0.411. The minimum atomic E-state index is 0.845. The van der Waals surface area contributed by atoms with Crippen LogP contribution in [0.1, 0.15) is 39.5 Å². The average Bonchev–Trinajstić information content (AvgIpc) is 2.81. The van der Waals surface area contributed by atoms with Gasteiger partial charge in [-0.25, -0.2) is 0 Å². The second-order valence-electron chi connectivity index (χ2n) is 4.39. The van der Waals surface area contributed by atoms with E-state index in [1.807, 2.05) is 23.1 Å². The van der Waals surface area contributed by atoms with Crippen LogP contribution in [0.3, 0.4) is 0 Å². The molecule has 1 aromatic rings. The largest absolute Gasteiger partial charge is 0.315 e. The molecule has 1 unspecified atom stereocenters. The highest BCUT2D eigenvalue weighted by molar-refractivity contribution is 4.77. The van der Waals surface area contributed by atoms with E-state index in [2.05, 4.69) is 24.3 Å². The Labute approximate surface area is 99.2 Å². The second-order valence-corrected chi connectivity index (χ2v) is 4.39. The molecule has 3 nitrogen and oxygen atoms in total. The van der Waals surface area contributed by atoms with Gasteiger partial charge in [-0.05, 0) is 24.9 Å². The fourth-order valence-corrected chi connectivity index (χ4v) is 1.88. The van der Waals surface area contributed by atoms with E-state index in [0.717, 1.165) is 25.6 Å². The normalized spacial score (nSPS) is 12.9. The van der Waals surface area contributed by atoms with E-state index >= 15 is 0 Å². The maximum atomic E-state index is 4.18. The van der Waals surface area contributed by atoms with Crippen molar-refractivity contribution in [2.45, 2.75) is 46.1 Å². The van der Waals surface area contributed by atoms with E-state index in [1.165, 1.54) is 25.7 Å².